The number of aliphatic hydroxyl groups is 1. The van der Waals surface area contributed by atoms with Gasteiger partial charge in [-0.15, -0.1) is 0 Å². The third kappa shape index (κ3) is 3.86. The number of nitrogens with zero attached hydrogens (tertiary/aromatic N) is 1. The van der Waals surface area contributed by atoms with Crippen LogP contribution < -0.4 is 5.32 Å². The summed E-state index contributed by atoms with van der Waals surface area (Å²) in [7, 11) is 0. The van der Waals surface area contributed by atoms with E-state index in [-0.39, 0.29) is 6.61 Å². The summed E-state index contributed by atoms with van der Waals surface area (Å²) in [6.45, 7) is 2.90. The highest BCUT2D eigenvalue weighted by atomic mass is 16.4. The maximum Gasteiger partial charge on any atom is 0.129 e. The SMILES string of the molecule is OCc1ccc(CN2CCCC(Nc3ccccc3)C2)o1. The number of nitrogens with one attached hydrogen (secondary N) is 1. The number of furan rings is 1. The van der Waals surface area contributed by atoms with E-state index in [1.54, 1.807) is 0 Å². The van der Waals surface area contributed by atoms with Crippen molar-refractivity contribution < 1.29 is 9.52 Å². The number of para-hydroxylation sites is 1. The summed E-state index contributed by atoms with van der Waals surface area (Å²) >= 11 is 0. The number of hydrogen-bond acceptors (Lipinski definition) is 4. The fourth-order valence-corrected chi connectivity index (χ4v) is 2.90. The molecule has 0 bridgehead atoms. The van der Waals surface area contributed by atoms with Crippen LogP contribution in [0, 0.1) is 0 Å². The van der Waals surface area contributed by atoms with Gasteiger partial charge in [0.05, 0.1) is 6.54 Å². The van der Waals surface area contributed by atoms with E-state index in [4.69, 9.17) is 9.52 Å². The first-order chi connectivity index (χ1) is 10.3. The van der Waals surface area contributed by atoms with Crippen LogP contribution in [0.2, 0.25) is 0 Å². The van der Waals surface area contributed by atoms with Crippen molar-refractivity contribution in [2.45, 2.75) is 32.0 Å². The minimum atomic E-state index is -0.0296. The van der Waals surface area contributed by atoms with Gasteiger partial charge in [0, 0.05) is 18.3 Å². The Kier molecular flexibility index (Phi) is 4.58. The predicted molar refractivity (Wildman–Crippen MR) is 83.0 cm³/mol. The van der Waals surface area contributed by atoms with Gasteiger partial charge in [-0.05, 0) is 43.7 Å². The second-order valence-corrected chi connectivity index (χ2v) is 5.61. The molecule has 4 nitrogen and oxygen atoms in total. The Morgan fingerprint density at radius 1 is 1.14 bits per heavy atom. The van der Waals surface area contributed by atoms with Crippen LogP contribution in [-0.2, 0) is 13.2 Å². The molecule has 0 radical (unpaired) electrons. The molecule has 0 amide bonds. The Hall–Kier alpha value is -1.78. The van der Waals surface area contributed by atoms with E-state index in [2.05, 4.69) is 34.5 Å². The van der Waals surface area contributed by atoms with Crippen LogP contribution in [0.1, 0.15) is 24.4 Å². The standard InChI is InChI=1S/C17H22N2O2/c20-13-17-9-8-16(21-17)12-19-10-4-7-15(11-19)18-14-5-2-1-3-6-14/h1-3,5-6,8-9,15,18,20H,4,7,10-13H2. The molecule has 1 atom stereocenters. The maximum atomic E-state index is 9.05. The quantitative estimate of drug-likeness (QED) is 0.887. The fourth-order valence-electron chi connectivity index (χ4n) is 2.90. The molecule has 0 aliphatic carbocycles. The molecule has 3 rings (SSSR count). The molecule has 4 heteroatoms. The molecule has 2 aromatic rings. The Morgan fingerprint density at radius 2 is 1.95 bits per heavy atom. The molecule has 1 fully saturated rings. The van der Waals surface area contributed by atoms with Crippen molar-refractivity contribution in [2.24, 2.45) is 0 Å². The molecule has 21 heavy (non-hydrogen) atoms. The fraction of sp³-hybridized carbons (Fsp3) is 0.412. The van der Waals surface area contributed by atoms with Gasteiger partial charge in [0.15, 0.2) is 0 Å². The molecule has 112 valence electrons. The Bertz CT molecular complexity index is 553. The first-order valence-electron chi connectivity index (χ1n) is 7.56. The Labute approximate surface area is 125 Å². The van der Waals surface area contributed by atoms with Gasteiger partial charge in [-0.1, -0.05) is 18.2 Å². The second-order valence-electron chi connectivity index (χ2n) is 5.61. The van der Waals surface area contributed by atoms with Gasteiger partial charge in [0.25, 0.3) is 0 Å². The van der Waals surface area contributed by atoms with Crippen LogP contribution in [-0.4, -0.2) is 29.1 Å². The number of anilines is 1. The molecule has 1 aliphatic heterocycles. The van der Waals surface area contributed by atoms with Crippen LogP contribution in [0.25, 0.3) is 0 Å². The van der Waals surface area contributed by atoms with Crippen molar-refractivity contribution in [3.63, 3.8) is 0 Å². The van der Waals surface area contributed by atoms with Gasteiger partial charge in [0.1, 0.15) is 18.1 Å². The van der Waals surface area contributed by atoms with Crippen molar-refractivity contribution in [1.82, 2.24) is 4.90 Å². The lowest BCUT2D eigenvalue weighted by molar-refractivity contribution is 0.186. The molecule has 1 saturated heterocycles. The molecular formula is C17H22N2O2. The average Bonchev–Trinajstić information content (AvgIpc) is 2.96. The monoisotopic (exact) mass is 286 g/mol. The van der Waals surface area contributed by atoms with Crippen molar-refractivity contribution in [1.29, 1.82) is 0 Å². The largest absolute Gasteiger partial charge is 0.462 e. The molecule has 1 aromatic carbocycles. The van der Waals surface area contributed by atoms with Crippen molar-refractivity contribution in [3.8, 4) is 0 Å². The molecule has 0 saturated carbocycles. The normalized spacial score (nSPS) is 19.6. The van der Waals surface area contributed by atoms with Crippen LogP contribution in [0.3, 0.4) is 0 Å². The number of likely N-dealkylation sites (tertiary alicyclic amines) is 1. The summed E-state index contributed by atoms with van der Waals surface area (Å²) < 4.78 is 5.58. The smallest absolute Gasteiger partial charge is 0.129 e. The van der Waals surface area contributed by atoms with Crippen LogP contribution in [0.5, 0.6) is 0 Å². The van der Waals surface area contributed by atoms with E-state index in [0.717, 1.165) is 25.4 Å². The van der Waals surface area contributed by atoms with Crippen molar-refractivity contribution in [3.05, 3.63) is 54.0 Å². The molecular weight excluding hydrogens is 264 g/mol. The number of piperidine rings is 1. The molecule has 1 unspecified atom stereocenters. The minimum Gasteiger partial charge on any atom is -0.462 e. The lowest BCUT2D eigenvalue weighted by Crippen LogP contribution is -2.41. The summed E-state index contributed by atoms with van der Waals surface area (Å²) in [4.78, 5) is 2.41. The summed E-state index contributed by atoms with van der Waals surface area (Å²) in [6.07, 6.45) is 2.39. The minimum absolute atomic E-state index is 0.0296. The number of benzene rings is 1. The topological polar surface area (TPSA) is 48.6 Å². The van der Waals surface area contributed by atoms with Crippen molar-refractivity contribution >= 4 is 5.69 Å². The lowest BCUT2D eigenvalue weighted by atomic mass is 10.1. The van der Waals surface area contributed by atoms with Gasteiger partial charge in [-0.25, -0.2) is 0 Å². The summed E-state index contributed by atoms with van der Waals surface area (Å²) in [5.74, 6) is 1.57. The van der Waals surface area contributed by atoms with E-state index in [9.17, 15) is 0 Å². The van der Waals surface area contributed by atoms with Crippen molar-refractivity contribution in [2.75, 3.05) is 18.4 Å². The van der Waals surface area contributed by atoms with Gasteiger partial charge in [-0.2, -0.15) is 0 Å². The van der Waals surface area contributed by atoms with Crippen LogP contribution in [0.4, 0.5) is 5.69 Å². The summed E-state index contributed by atoms with van der Waals surface area (Å²) in [6, 6.07) is 14.7. The number of hydrogen-bond donors (Lipinski definition) is 2. The Balaban J connectivity index is 1.55. The lowest BCUT2D eigenvalue weighted by Gasteiger charge is -2.33. The molecule has 1 aromatic heterocycles. The second kappa shape index (κ2) is 6.78. The number of aliphatic hydroxyl groups excluding tert-OH is 1. The maximum absolute atomic E-state index is 9.05. The zero-order valence-corrected chi connectivity index (χ0v) is 12.2. The zero-order chi connectivity index (χ0) is 14.5. The van der Waals surface area contributed by atoms with E-state index in [1.807, 2.05) is 18.2 Å². The highest BCUT2D eigenvalue weighted by Crippen LogP contribution is 2.18. The Morgan fingerprint density at radius 3 is 2.71 bits per heavy atom. The first-order valence-corrected chi connectivity index (χ1v) is 7.56. The van der Waals surface area contributed by atoms with E-state index in [1.165, 1.54) is 18.5 Å². The van der Waals surface area contributed by atoms with E-state index < -0.39 is 0 Å². The van der Waals surface area contributed by atoms with E-state index >= 15 is 0 Å². The summed E-state index contributed by atoms with van der Waals surface area (Å²) in [5.41, 5.74) is 1.19. The third-order valence-corrected chi connectivity index (χ3v) is 3.90. The summed E-state index contributed by atoms with van der Waals surface area (Å²) in [5, 5.41) is 12.6. The van der Waals surface area contributed by atoms with Gasteiger partial charge in [0.2, 0.25) is 0 Å². The molecule has 0 spiro atoms. The molecule has 1 aliphatic rings. The average molecular weight is 286 g/mol. The zero-order valence-electron chi connectivity index (χ0n) is 12.2. The van der Waals surface area contributed by atoms with Gasteiger partial charge in [-0.3, -0.25) is 4.90 Å². The highest BCUT2D eigenvalue weighted by molar-refractivity contribution is 5.43. The molecule has 2 heterocycles. The van der Waals surface area contributed by atoms with Crippen LogP contribution in [0.15, 0.2) is 46.9 Å². The van der Waals surface area contributed by atoms with E-state index in [0.29, 0.717) is 11.8 Å². The third-order valence-electron chi connectivity index (χ3n) is 3.90. The van der Waals surface area contributed by atoms with Crippen LogP contribution >= 0.6 is 0 Å². The van der Waals surface area contributed by atoms with Gasteiger partial charge >= 0.3 is 0 Å². The predicted octanol–water partition coefficient (Wildman–Crippen LogP) is 2.85. The molecule has 2 N–H and O–H groups in total. The number of rotatable bonds is 5. The first kappa shape index (κ1) is 14.2. The van der Waals surface area contributed by atoms with Gasteiger partial charge < -0.3 is 14.8 Å². The highest BCUT2D eigenvalue weighted by Gasteiger charge is 2.20.